The van der Waals surface area contributed by atoms with Gasteiger partial charge in [0, 0.05) is 42.4 Å². The van der Waals surface area contributed by atoms with E-state index in [1.54, 1.807) is 0 Å². The first-order valence-electron chi connectivity index (χ1n) is 21.2. The van der Waals surface area contributed by atoms with E-state index in [1.807, 2.05) is 17.4 Å². The molecule has 0 spiro atoms. The second-order valence-corrected chi connectivity index (χ2v) is 17.0. The van der Waals surface area contributed by atoms with Crippen LogP contribution in [-0.2, 0) is 5.41 Å². The number of thiophene rings is 1. The Morgan fingerprint density at radius 3 is 1.66 bits per heavy atom. The molecule has 62 heavy (non-hydrogen) atoms. The molecule has 12 rings (SSSR count). The highest BCUT2D eigenvalue weighted by Crippen LogP contribution is 2.58. The van der Waals surface area contributed by atoms with Crippen LogP contribution in [0.3, 0.4) is 0 Å². The first-order valence-corrected chi connectivity index (χ1v) is 22.0. The standard InChI is InChI=1S/C59H38N2S/c1-4-19-39(20-5-1)58-60-53(41-22-16-21-40(37-41)44-27-10-11-28-45(44)47-31-17-32-48-46-29-13-15-36-55(46)62-57(47)48)38-54(61-58)50-33-18-35-52-56(50)49-30-12-14-34-51(49)59(52,42-23-6-2-7-24-42)43-25-8-3-9-26-43/h1-38H. The quantitative estimate of drug-likeness (QED) is 0.160. The minimum absolute atomic E-state index is 0.509. The van der Waals surface area contributed by atoms with Gasteiger partial charge in [0.2, 0.25) is 0 Å². The van der Waals surface area contributed by atoms with Gasteiger partial charge in [0.25, 0.3) is 0 Å². The average Bonchev–Trinajstić information content (AvgIpc) is 3.89. The molecule has 0 amide bonds. The van der Waals surface area contributed by atoms with E-state index in [9.17, 15) is 0 Å². The van der Waals surface area contributed by atoms with Crippen molar-refractivity contribution in [3.05, 3.63) is 253 Å². The Hall–Kier alpha value is -7.72. The first-order chi connectivity index (χ1) is 30.8. The smallest absolute Gasteiger partial charge is 0.160 e. The number of hydrogen-bond donors (Lipinski definition) is 0. The van der Waals surface area contributed by atoms with Crippen LogP contribution in [0.1, 0.15) is 22.3 Å². The molecule has 290 valence electrons. The summed E-state index contributed by atoms with van der Waals surface area (Å²) in [6, 6.07) is 83.3. The van der Waals surface area contributed by atoms with Crippen molar-refractivity contribution in [2.24, 2.45) is 0 Å². The molecule has 1 aliphatic carbocycles. The Kier molecular flexibility index (Phi) is 8.62. The van der Waals surface area contributed by atoms with Gasteiger partial charge in [0.05, 0.1) is 16.8 Å². The maximum Gasteiger partial charge on any atom is 0.160 e. The van der Waals surface area contributed by atoms with Crippen LogP contribution >= 0.6 is 11.3 Å². The summed E-state index contributed by atoms with van der Waals surface area (Å²) in [5.41, 5.74) is 16.6. The van der Waals surface area contributed by atoms with Crippen molar-refractivity contribution >= 4 is 31.5 Å². The van der Waals surface area contributed by atoms with Gasteiger partial charge in [-0.15, -0.1) is 11.3 Å². The van der Waals surface area contributed by atoms with Crippen LogP contribution in [0.25, 0.3) is 87.5 Å². The molecule has 2 nitrogen and oxygen atoms in total. The molecule has 0 bridgehead atoms. The topological polar surface area (TPSA) is 25.8 Å². The number of aromatic nitrogens is 2. The van der Waals surface area contributed by atoms with E-state index < -0.39 is 5.41 Å². The van der Waals surface area contributed by atoms with Crippen LogP contribution in [0, 0.1) is 0 Å². The maximum atomic E-state index is 5.41. The van der Waals surface area contributed by atoms with Gasteiger partial charge in [-0.25, -0.2) is 9.97 Å². The molecule has 2 heterocycles. The summed E-state index contributed by atoms with van der Waals surface area (Å²) in [6.45, 7) is 0. The van der Waals surface area contributed by atoms with Gasteiger partial charge in [-0.05, 0) is 68.3 Å². The zero-order valence-electron chi connectivity index (χ0n) is 33.7. The van der Waals surface area contributed by atoms with Crippen molar-refractivity contribution in [1.29, 1.82) is 0 Å². The Labute approximate surface area is 365 Å². The zero-order valence-corrected chi connectivity index (χ0v) is 34.6. The van der Waals surface area contributed by atoms with Gasteiger partial charge in [-0.2, -0.15) is 0 Å². The molecule has 0 atom stereocenters. The minimum atomic E-state index is -0.509. The fraction of sp³-hybridized carbons (Fsp3) is 0.0169. The summed E-state index contributed by atoms with van der Waals surface area (Å²) < 4.78 is 2.62. The molecule has 11 aromatic rings. The van der Waals surface area contributed by atoms with Crippen molar-refractivity contribution in [1.82, 2.24) is 9.97 Å². The lowest BCUT2D eigenvalue weighted by molar-refractivity contribution is 0.768. The maximum absolute atomic E-state index is 5.41. The fourth-order valence-electron chi connectivity index (χ4n) is 9.93. The average molecular weight is 807 g/mol. The number of hydrogen-bond acceptors (Lipinski definition) is 3. The fourth-order valence-corrected chi connectivity index (χ4v) is 11.2. The third-order valence-electron chi connectivity index (χ3n) is 12.6. The molecular weight excluding hydrogens is 769 g/mol. The molecule has 1 aliphatic rings. The lowest BCUT2D eigenvalue weighted by atomic mass is 9.67. The molecule has 0 saturated carbocycles. The van der Waals surface area contributed by atoms with Gasteiger partial charge in [-0.1, -0.05) is 212 Å². The summed E-state index contributed by atoms with van der Waals surface area (Å²) in [4.78, 5) is 10.7. The predicted molar refractivity (Wildman–Crippen MR) is 259 cm³/mol. The highest BCUT2D eigenvalue weighted by Gasteiger charge is 2.46. The van der Waals surface area contributed by atoms with Crippen molar-refractivity contribution in [2.45, 2.75) is 5.41 Å². The van der Waals surface area contributed by atoms with Crippen molar-refractivity contribution in [3.8, 4) is 67.3 Å². The monoisotopic (exact) mass is 806 g/mol. The van der Waals surface area contributed by atoms with Crippen LogP contribution in [0.5, 0.6) is 0 Å². The largest absolute Gasteiger partial charge is 0.228 e. The van der Waals surface area contributed by atoms with E-state index in [0.717, 1.165) is 33.6 Å². The Balaban J connectivity index is 1.05. The lowest BCUT2D eigenvalue weighted by Gasteiger charge is -2.33. The third-order valence-corrected chi connectivity index (χ3v) is 13.8. The Bertz CT molecular complexity index is 3420. The van der Waals surface area contributed by atoms with Gasteiger partial charge in [0.15, 0.2) is 5.82 Å². The summed E-state index contributed by atoms with van der Waals surface area (Å²) in [6.07, 6.45) is 0. The minimum Gasteiger partial charge on any atom is -0.228 e. The van der Waals surface area contributed by atoms with E-state index >= 15 is 0 Å². The molecular formula is C59H38N2S. The molecule has 9 aromatic carbocycles. The summed E-state index contributed by atoms with van der Waals surface area (Å²) in [5.74, 6) is 0.696. The van der Waals surface area contributed by atoms with Gasteiger partial charge >= 0.3 is 0 Å². The van der Waals surface area contributed by atoms with Crippen molar-refractivity contribution in [2.75, 3.05) is 0 Å². The number of fused-ring (bicyclic) bond motifs is 6. The normalized spacial score (nSPS) is 12.6. The molecule has 0 N–H and O–H groups in total. The summed E-state index contributed by atoms with van der Waals surface area (Å²) in [5, 5.41) is 2.61. The van der Waals surface area contributed by atoms with Crippen molar-refractivity contribution < 1.29 is 0 Å². The molecule has 0 aliphatic heterocycles. The van der Waals surface area contributed by atoms with Crippen LogP contribution in [0.4, 0.5) is 0 Å². The van der Waals surface area contributed by atoms with Crippen LogP contribution in [-0.4, -0.2) is 9.97 Å². The lowest BCUT2D eigenvalue weighted by Crippen LogP contribution is -2.28. The Morgan fingerprint density at radius 2 is 0.871 bits per heavy atom. The number of rotatable bonds is 7. The van der Waals surface area contributed by atoms with E-state index in [-0.39, 0.29) is 0 Å². The van der Waals surface area contributed by atoms with Gasteiger partial charge in [-0.3, -0.25) is 0 Å². The zero-order chi connectivity index (χ0) is 41.0. The van der Waals surface area contributed by atoms with Gasteiger partial charge in [0.1, 0.15) is 0 Å². The molecule has 3 heteroatoms. The van der Waals surface area contributed by atoms with E-state index in [4.69, 9.17) is 9.97 Å². The van der Waals surface area contributed by atoms with Crippen LogP contribution in [0.15, 0.2) is 231 Å². The molecule has 2 aromatic heterocycles. The SMILES string of the molecule is c1ccc(-c2nc(-c3cccc(-c4ccccc4-c4cccc5c4sc4ccccc45)c3)cc(-c3cccc4c3-c3ccccc3C4(c3ccccc3)c3ccccc3)n2)cc1. The number of nitrogens with zero attached hydrogens (tertiary/aromatic N) is 2. The molecule has 0 unspecified atom stereocenters. The highest BCUT2D eigenvalue weighted by molar-refractivity contribution is 7.26. The van der Waals surface area contributed by atoms with Crippen LogP contribution in [0.2, 0.25) is 0 Å². The predicted octanol–water partition coefficient (Wildman–Crippen LogP) is 15.5. The van der Waals surface area contributed by atoms with E-state index in [1.165, 1.54) is 70.2 Å². The second kappa shape index (κ2) is 14.8. The second-order valence-electron chi connectivity index (χ2n) is 16.0. The first kappa shape index (κ1) is 36.2. The van der Waals surface area contributed by atoms with Gasteiger partial charge < -0.3 is 0 Å². The third kappa shape index (κ3) is 5.70. The highest BCUT2D eigenvalue weighted by atomic mass is 32.1. The van der Waals surface area contributed by atoms with E-state index in [2.05, 4.69) is 224 Å². The van der Waals surface area contributed by atoms with Crippen LogP contribution < -0.4 is 0 Å². The summed E-state index contributed by atoms with van der Waals surface area (Å²) >= 11 is 1.87. The molecule has 0 saturated heterocycles. The summed E-state index contributed by atoms with van der Waals surface area (Å²) in [7, 11) is 0. The van der Waals surface area contributed by atoms with E-state index in [0.29, 0.717) is 5.82 Å². The molecule has 0 radical (unpaired) electrons. The molecule has 0 fully saturated rings. The van der Waals surface area contributed by atoms with Crippen molar-refractivity contribution in [3.63, 3.8) is 0 Å². The number of benzene rings is 9. The Morgan fingerprint density at radius 1 is 0.339 bits per heavy atom.